The smallest absolute Gasteiger partial charge is 0.218 e. The molecule has 0 atom stereocenters. The number of hydrogen-bond donors (Lipinski definition) is 1. The number of hydrogen-bond acceptors (Lipinski definition) is 5. The van der Waals surface area contributed by atoms with Crippen molar-refractivity contribution >= 4 is 11.3 Å². The standard InChI is InChI=1S/C13H17N3OS/c1-10(2)17-13-11(4-3-5-16-13)8-14-9-12-15-6-7-18-12/h3-7,10,14H,8-9H2,1-2H3. The number of nitrogens with zero attached hydrogens (tertiary/aromatic N) is 2. The molecule has 96 valence electrons. The van der Waals surface area contributed by atoms with E-state index >= 15 is 0 Å². The topological polar surface area (TPSA) is 47.0 Å². The van der Waals surface area contributed by atoms with E-state index in [-0.39, 0.29) is 6.10 Å². The van der Waals surface area contributed by atoms with Gasteiger partial charge in [-0.15, -0.1) is 11.3 Å². The molecule has 0 bridgehead atoms. The summed E-state index contributed by atoms with van der Waals surface area (Å²) in [6, 6.07) is 3.95. The van der Waals surface area contributed by atoms with Crippen molar-refractivity contribution in [2.24, 2.45) is 0 Å². The maximum Gasteiger partial charge on any atom is 0.218 e. The van der Waals surface area contributed by atoms with Crippen LogP contribution in [0.15, 0.2) is 29.9 Å². The summed E-state index contributed by atoms with van der Waals surface area (Å²) in [6.07, 6.45) is 3.71. The van der Waals surface area contributed by atoms with Gasteiger partial charge in [0, 0.05) is 36.4 Å². The lowest BCUT2D eigenvalue weighted by Crippen LogP contribution is -2.15. The van der Waals surface area contributed by atoms with Crippen LogP contribution in [0.3, 0.4) is 0 Å². The van der Waals surface area contributed by atoms with Crippen LogP contribution in [0.2, 0.25) is 0 Å². The van der Waals surface area contributed by atoms with Gasteiger partial charge < -0.3 is 10.1 Å². The third kappa shape index (κ3) is 3.78. The van der Waals surface area contributed by atoms with Crippen LogP contribution in [-0.4, -0.2) is 16.1 Å². The van der Waals surface area contributed by atoms with E-state index in [0.717, 1.165) is 23.7 Å². The second kappa shape index (κ2) is 6.47. The molecule has 0 unspecified atom stereocenters. The highest BCUT2D eigenvalue weighted by atomic mass is 32.1. The van der Waals surface area contributed by atoms with Crippen LogP contribution in [0.1, 0.15) is 24.4 Å². The van der Waals surface area contributed by atoms with Crippen LogP contribution < -0.4 is 10.1 Å². The molecular weight excluding hydrogens is 246 g/mol. The van der Waals surface area contributed by atoms with Gasteiger partial charge in [0.2, 0.25) is 5.88 Å². The van der Waals surface area contributed by atoms with Crippen molar-refractivity contribution in [1.29, 1.82) is 0 Å². The van der Waals surface area contributed by atoms with Gasteiger partial charge in [0.25, 0.3) is 0 Å². The van der Waals surface area contributed by atoms with Crippen LogP contribution in [-0.2, 0) is 13.1 Å². The van der Waals surface area contributed by atoms with Gasteiger partial charge in [-0.05, 0) is 19.9 Å². The zero-order valence-electron chi connectivity index (χ0n) is 10.6. The summed E-state index contributed by atoms with van der Waals surface area (Å²) in [5.74, 6) is 0.708. The summed E-state index contributed by atoms with van der Waals surface area (Å²) in [7, 11) is 0. The van der Waals surface area contributed by atoms with Gasteiger partial charge in [-0.3, -0.25) is 0 Å². The fourth-order valence-corrected chi connectivity index (χ4v) is 2.12. The lowest BCUT2D eigenvalue weighted by molar-refractivity contribution is 0.229. The van der Waals surface area contributed by atoms with E-state index in [2.05, 4.69) is 15.3 Å². The molecule has 2 aromatic heterocycles. The van der Waals surface area contributed by atoms with Crippen LogP contribution in [0.5, 0.6) is 5.88 Å². The van der Waals surface area contributed by atoms with Gasteiger partial charge in [-0.25, -0.2) is 9.97 Å². The molecule has 0 aliphatic heterocycles. The molecule has 0 aliphatic rings. The van der Waals surface area contributed by atoms with Gasteiger partial charge in [-0.2, -0.15) is 0 Å². The van der Waals surface area contributed by atoms with Crippen LogP contribution in [0.25, 0.3) is 0 Å². The van der Waals surface area contributed by atoms with Crippen molar-refractivity contribution < 1.29 is 4.74 Å². The first-order chi connectivity index (χ1) is 8.75. The molecular formula is C13H17N3OS. The van der Waals surface area contributed by atoms with Crippen LogP contribution in [0.4, 0.5) is 0 Å². The largest absolute Gasteiger partial charge is 0.475 e. The zero-order chi connectivity index (χ0) is 12.8. The minimum Gasteiger partial charge on any atom is -0.475 e. The number of rotatable bonds is 6. The monoisotopic (exact) mass is 263 g/mol. The van der Waals surface area contributed by atoms with Crippen molar-refractivity contribution in [2.45, 2.75) is 33.0 Å². The second-order valence-electron chi connectivity index (χ2n) is 4.16. The third-order valence-electron chi connectivity index (χ3n) is 2.27. The number of pyridine rings is 1. The molecule has 4 nitrogen and oxygen atoms in total. The molecule has 0 spiro atoms. The maximum absolute atomic E-state index is 5.67. The highest BCUT2D eigenvalue weighted by Gasteiger charge is 2.06. The van der Waals surface area contributed by atoms with Crippen molar-refractivity contribution in [1.82, 2.24) is 15.3 Å². The Morgan fingerprint density at radius 2 is 2.17 bits per heavy atom. The normalized spacial score (nSPS) is 10.8. The Morgan fingerprint density at radius 1 is 1.28 bits per heavy atom. The Labute approximate surface area is 111 Å². The lowest BCUT2D eigenvalue weighted by atomic mass is 10.2. The van der Waals surface area contributed by atoms with E-state index in [9.17, 15) is 0 Å². The van der Waals surface area contributed by atoms with Gasteiger partial charge in [0.05, 0.1) is 6.10 Å². The van der Waals surface area contributed by atoms with Crippen LogP contribution >= 0.6 is 11.3 Å². The Kier molecular flexibility index (Phi) is 4.66. The van der Waals surface area contributed by atoms with Crippen molar-refractivity contribution in [3.63, 3.8) is 0 Å². The molecule has 0 amide bonds. The van der Waals surface area contributed by atoms with E-state index in [1.165, 1.54) is 0 Å². The summed E-state index contributed by atoms with van der Waals surface area (Å²) >= 11 is 1.65. The average molecular weight is 263 g/mol. The molecule has 0 aromatic carbocycles. The predicted octanol–water partition coefficient (Wildman–Crippen LogP) is 2.62. The Bertz CT molecular complexity index is 471. The highest BCUT2D eigenvalue weighted by molar-refractivity contribution is 7.09. The molecule has 2 heterocycles. The second-order valence-corrected chi connectivity index (χ2v) is 5.14. The minimum atomic E-state index is 0.137. The van der Waals surface area contributed by atoms with E-state index in [1.54, 1.807) is 17.5 Å². The Hall–Kier alpha value is -1.46. The average Bonchev–Trinajstić information content (AvgIpc) is 2.84. The molecule has 0 saturated heterocycles. The molecule has 1 N–H and O–H groups in total. The Balaban J connectivity index is 1.92. The number of aromatic nitrogens is 2. The van der Waals surface area contributed by atoms with Gasteiger partial charge in [0.1, 0.15) is 5.01 Å². The Morgan fingerprint density at radius 3 is 2.89 bits per heavy atom. The first-order valence-corrected chi connectivity index (χ1v) is 6.83. The quantitative estimate of drug-likeness (QED) is 0.870. The van der Waals surface area contributed by atoms with Gasteiger partial charge >= 0.3 is 0 Å². The van der Waals surface area contributed by atoms with Gasteiger partial charge in [-0.1, -0.05) is 6.07 Å². The van der Waals surface area contributed by atoms with E-state index in [1.807, 2.05) is 37.6 Å². The van der Waals surface area contributed by atoms with E-state index in [0.29, 0.717) is 5.88 Å². The molecule has 0 fully saturated rings. The highest BCUT2D eigenvalue weighted by Crippen LogP contribution is 2.15. The molecule has 2 rings (SSSR count). The maximum atomic E-state index is 5.67. The molecule has 18 heavy (non-hydrogen) atoms. The summed E-state index contributed by atoms with van der Waals surface area (Å²) in [5.41, 5.74) is 1.07. The molecule has 0 aliphatic carbocycles. The molecule has 5 heteroatoms. The summed E-state index contributed by atoms with van der Waals surface area (Å²) in [6.45, 7) is 5.51. The summed E-state index contributed by atoms with van der Waals surface area (Å²) < 4.78 is 5.67. The fraction of sp³-hybridized carbons (Fsp3) is 0.385. The first kappa shape index (κ1) is 13.0. The summed E-state index contributed by atoms with van der Waals surface area (Å²) in [5, 5.41) is 6.41. The molecule has 0 radical (unpaired) electrons. The summed E-state index contributed by atoms with van der Waals surface area (Å²) in [4.78, 5) is 8.49. The number of nitrogens with one attached hydrogen (secondary N) is 1. The first-order valence-electron chi connectivity index (χ1n) is 5.95. The number of thiazole rings is 1. The zero-order valence-corrected chi connectivity index (χ0v) is 11.4. The lowest BCUT2D eigenvalue weighted by Gasteiger charge is -2.12. The van der Waals surface area contributed by atoms with E-state index in [4.69, 9.17) is 4.74 Å². The SMILES string of the molecule is CC(C)Oc1ncccc1CNCc1nccs1. The molecule has 2 aromatic rings. The van der Waals surface area contributed by atoms with Crippen molar-refractivity contribution in [2.75, 3.05) is 0 Å². The van der Waals surface area contributed by atoms with Crippen molar-refractivity contribution in [3.8, 4) is 5.88 Å². The fourth-order valence-electron chi connectivity index (χ4n) is 1.53. The molecule has 0 saturated carbocycles. The minimum absolute atomic E-state index is 0.137. The predicted molar refractivity (Wildman–Crippen MR) is 72.7 cm³/mol. The van der Waals surface area contributed by atoms with Crippen LogP contribution in [0, 0.1) is 0 Å². The third-order valence-corrected chi connectivity index (χ3v) is 3.05. The number of ether oxygens (including phenoxy) is 1. The van der Waals surface area contributed by atoms with Crippen molar-refractivity contribution in [3.05, 3.63) is 40.5 Å². The van der Waals surface area contributed by atoms with Gasteiger partial charge in [0.15, 0.2) is 0 Å². The van der Waals surface area contributed by atoms with E-state index < -0.39 is 0 Å².